The van der Waals surface area contributed by atoms with Crippen LogP contribution in [0.4, 0.5) is 0 Å². The third-order valence-electron chi connectivity index (χ3n) is 1.10. The van der Waals surface area contributed by atoms with Crippen molar-refractivity contribution in [2.45, 2.75) is 6.92 Å². The van der Waals surface area contributed by atoms with E-state index in [2.05, 4.69) is 10.1 Å². The summed E-state index contributed by atoms with van der Waals surface area (Å²) in [6, 6.07) is 0. The van der Waals surface area contributed by atoms with Gasteiger partial charge in [-0.25, -0.2) is 4.79 Å². The van der Waals surface area contributed by atoms with E-state index in [1.807, 2.05) is 0 Å². The van der Waals surface area contributed by atoms with Crippen molar-refractivity contribution in [1.29, 1.82) is 0 Å². The van der Waals surface area contributed by atoms with Crippen LogP contribution >= 0.6 is 0 Å². The molecule has 0 atom stereocenters. The Bertz CT molecular complexity index is 202. The zero-order valence-corrected chi connectivity index (χ0v) is 7.58. The van der Waals surface area contributed by atoms with Gasteiger partial charge in [0.25, 0.3) is 0 Å². The van der Waals surface area contributed by atoms with Gasteiger partial charge in [0.15, 0.2) is 0 Å². The molecule has 13 heavy (non-hydrogen) atoms. The fourth-order valence-electron chi connectivity index (χ4n) is 0.588. The van der Waals surface area contributed by atoms with Crippen molar-refractivity contribution >= 4 is 11.9 Å². The number of esters is 1. The predicted molar refractivity (Wildman–Crippen MR) is 47.8 cm³/mol. The number of hydrogen-bond donors (Lipinski definition) is 2. The summed E-state index contributed by atoms with van der Waals surface area (Å²) < 4.78 is 4.57. The van der Waals surface area contributed by atoms with Crippen LogP contribution in [0, 0.1) is 0 Å². The van der Waals surface area contributed by atoms with E-state index < -0.39 is 5.97 Å². The zero-order chi connectivity index (χ0) is 10.1. The lowest BCUT2D eigenvalue weighted by molar-refractivity contribution is -0.137. The predicted octanol–water partition coefficient (Wildman–Crippen LogP) is -0.819. The largest absolute Gasteiger partial charge is 0.463 e. The van der Waals surface area contributed by atoms with Gasteiger partial charge in [-0.2, -0.15) is 0 Å². The van der Waals surface area contributed by atoms with Crippen LogP contribution in [0.25, 0.3) is 0 Å². The van der Waals surface area contributed by atoms with Crippen molar-refractivity contribution in [2.24, 2.45) is 5.73 Å². The van der Waals surface area contributed by atoms with E-state index >= 15 is 0 Å². The minimum absolute atomic E-state index is 0.299. The Kier molecular flexibility index (Phi) is 6.53. The Morgan fingerprint density at radius 3 is 2.69 bits per heavy atom. The summed E-state index contributed by atoms with van der Waals surface area (Å²) in [6.45, 7) is 2.76. The number of nitrogens with two attached hydrogens (primary N) is 1. The molecule has 0 aromatic heterocycles. The minimum atomic E-state index is -0.523. The molecular formula is C8H14N2O3. The quantitative estimate of drug-likeness (QED) is 0.434. The molecule has 0 aliphatic heterocycles. The molecule has 0 radical (unpaired) electrons. The van der Waals surface area contributed by atoms with Gasteiger partial charge in [0.1, 0.15) is 0 Å². The van der Waals surface area contributed by atoms with Crippen molar-refractivity contribution in [3.63, 3.8) is 0 Å². The molecule has 0 aliphatic carbocycles. The fourth-order valence-corrected chi connectivity index (χ4v) is 0.588. The van der Waals surface area contributed by atoms with Crippen molar-refractivity contribution in [1.82, 2.24) is 5.32 Å². The van der Waals surface area contributed by atoms with Gasteiger partial charge in [-0.05, 0) is 6.92 Å². The number of carbonyl (C=O) groups excluding carboxylic acids is 2. The molecule has 0 aliphatic rings. The lowest BCUT2D eigenvalue weighted by Crippen LogP contribution is -2.27. The SMILES string of the molecule is CCOC(=O)/C=C\C(=O)NCCN. The second-order valence-electron chi connectivity index (χ2n) is 2.17. The third kappa shape index (κ3) is 7.02. The number of rotatable bonds is 5. The molecule has 1 amide bonds. The molecule has 0 heterocycles. The van der Waals surface area contributed by atoms with Gasteiger partial charge >= 0.3 is 5.97 Å². The number of nitrogens with one attached hydrogen (secondary N) is 1. The summed E-state index contributed by atoms with van der Waals surface area (Å²) in [5.74, 6) is -0.871. The monoisotopic (exact) mass is 186 g/mol. The van der Waals surface area contributed by atoms with E-state index in [1.54, 1.807) is 6.92 Å². The Labute approximate surface area is 76.9 Å². The maximum absolute atomic E-state index is 10.8. The number of amides is 1. The second kappa shape index (κ2) is 7.30. The average Bonchev–Trinajstić information content (AvgIpc) is 2.12. The van der Waals surface area contributed by atoms with Crippen LogP contribution in [-0.2, 0) is 14.3 Å². The van der Waals surface area contributed by atoms with Gasteiger partial charge in [-0.1, -0.05) is 0 Å². The first kappa shape index (κ1) is 11.6. The fraction of sp³-hybridized carbons (Fsp3) is 0.500. The summed E-state index contributed by atoms with van der Waals surface area (Å²) in [6.07, 6.45) is 2.20. The Morgan fingerprint density at radius 2 is 2.15 bits per heavy atom. The van der Waals surface area contributed by atoms with E-state index in [1.165, 1.54) is 0 Å². The van der Waals surface area contributed by atoms with Crippen molar-refractivity contribution < 1.29 is 14.3 Å². The first-order valence-corrected chi connectivity index (χ1v) is 4.03. The van der Waals surface area contributed by atoms with E-state index in [4.69, 9.17) is 5.73 Å². The van der Waals surface area contributed by atoms with E-state index in [0.717, 1.165) is 12.2 Å². The lowest BCUT2D eigenvalue weighted by Gasteiger charge is -1.97. The molecule has 3 N–H and O–H groups in total. The van der Waals surface area contributed by atoms with Crippen LogP contribution < -0.4 is 11.1 Å². The zero-order valence-electron chi connectivity index (χ0n) is 7.58. The van der Waals surface area contributed by atoms with Crippen LogP contribution in [0.2, 0.25) is 0 Å². The van der Waals surface area contributed by atoms with Crippen molar-refractivity contribution in [3.8, 4) is 0 Å². The van der Waals surface area contributed by atoms with Gasteiger partial charge in [0.05, 0.1) is 6.61 Å². The Hall–Kier alpha value is -1.36. The molecule has 0 bridgehead atoms. The normalized spacial score (nSPS) is 10.0. The molecule has 0 spiro atoms. The summed E-state index contributed by atoms with van der Waals surface area (Å²) in [4.78, 5) is 21.6. The van der Waals surface area contributed by atoms with Crippen LogP contribution in [-0.4, -0.2) is 31.6 Å². The molecule has 0 aromatic rings. The molecular weight excluding hydrogens is 172 g/mol. The highest BCUT2D eigenvalue weighted by Crippen LogP contribution is 1.80. The minimum Gasteiger partial charge on any atom is -0.463 e. The third-order valence-corrected chi connectivity index (χ3v) is 1.10. The van der Waals surface area contributed by atoms with Crippen LogP contribution in [0.5, 0.6) is 0 Å². The molecule has 0 unspecified atom stereocenters. The lowest BCUT2D eigenvalue weighted by atomic mass is 10.4. The molecule has 5 heteroatoms. The molecule has 0 aromatic carbocycles. The van der Waals surface area contributed by atoms with Gasteiger partial charge in [0.2, 0.25) is 5.91 Å². The maximum atomic E-state index is 10.8. The molecule has 0 fully saturated rings. The van der Waals surface area contributed by atoms with Crippen LogP contribution in [0.1, 0.15) is 6.92 Å². The van der Waals surface area contributed by atoms with E-state index in [-0.39, 0.29) is 5.91 Å². The molecule has 0 saturated carbocycles. The van der Waals surface area contributed by atoms with E-state index in [0.29, 0.717) is 19.7 Å². The number of hydrogen-bond acceptors (Lipinski definition) is 4. The highest BCUT2D eigenvalue weighted by atomic mass is 16.5. The van der Waals surface area contributed by atoms with Crippen molar-refractivity contribution in [3.05, 3.63) is 12.2 Å². The highest BCUT2D eigenvalue weighted by molar-refractivity contribution is 5.94. The van der Waals surface area contributed by atoms with Gasteiger partial charge in [-0.15, -0.1) is 0 Å². The molecule has 0 saturated heterocycles. The first-order chi connectivity index (χ1) is 6.20. The Balaban J connectivity index is 3.69. The maximum Gasteiger partial charge on any atom is 0.330 e. The molecule has 74 valence electrons. The average molecular weight is 186 g/mol. The van der Waals surface area contributed by atoms with Crippen LogP contribution in [0.15, 0.2) is 12.2 Å². The number of carbonyl (C=O) groups is 2. The second-order valence-corrected chi connectivity index (χ2v) is 2.17. The summed E-state index contributed by atoms with van der Waals surface area (Å²) in [5, 5.41) is 2.47. The molecule has 0 rings (SSSR count). The summed E-state index contributed by atoms with van der Waals surface area (Å²) in [7, 11) is 0. The van der Waals surface area contributed by atoms with Gasteiger partial charge in [-0.3, -0.25) is 4.79 Å². The van der Waals surface area contributed by atoms with Gasteiger partial charge in [0, 0.05) is 25.2 Å². The van der Waals surface area contributed by atoms with Crippen LogP contribution in [0.3, 0.4) is 0 Å². The van der Waals surface area contributed by atoms with Crippen molar-refractivity contribution in [2.75, 3.05) is 19.7 Å². The number of ether oxygens (including phenoxy) is 1. The first-order valence-electron chi connectivity index (χ1n) is 4.03. The van der Waals surface area contributed by atoms with E-state index in [9.17, 15) is 9.59 Å². The topological polar surface area (TPSA) is 81.4 Å². The summed E-state index contributed by atoms with van der Waals surface area (Å²) >= 11 is 0. The summed E-state index contributed by atoms with van der Waals surface area (Å²) in [5.41, 5.74) is 5.15. The highest BCUT2D eigenvalue weighted by Gasteiger charge is 1.96. The Morgan fingerprint density at radius 1 is 1.46 bits per heavy atom. The van der Waals surface area contributed by atoms with Gasteiger partial charge < -0.3 is 15.8 Å². The standard InChI is InChI=1S/C8H14N2O3/c1-2-13-8(12)4-3-7(11)10-6-5-9/h3-4H,2,5-6,9H2,1H3,(H,10,11)/b4-3-. The smallest absolute Gasteiger partial charge is 0.330 e. The molecule has 5 nitrogen and oxygen atoms in total.